The number of benzene rings is 3. The molecular formula is C24H21N3O4S. The summed E-state index contributed by atoms with van der Waals surface area (Å²) >= 11 is 0. The lowest BCUT2D eigenvalue weighted by Gasteiger charge is -2.17. The monoisotopic (exact) mass is 447 g/mol. The number of aromatic amines is 1. The molecule has 0 spiro atoms. The van der Waals surface area contributed by atoms with E-state index in [1.165, 1.54) is 41.7 Å². The molecule has 4 aromatic rings. The number of hydrogen-bond acceptors (Lipinski definition) is 4. The third-order valence-corrected chi connectivity index (χ3v) is 6.88. The number of para-hydroxylation sites is 1. The summed E-state index contributed by atoms with van der Waals surface area (Å²) in [6, 6.07) is 23.5. The van der Waals surface area contributed by atoms with E-state index in [-0.39, 0.29) is 22.6 Å². The van der Waals surface area contributed by atoms with Gasteiger partial charge in [-0.2, -0.15) is 4.31 Å². The third-order valence-electron chi connectivity index (χ3n) is 5.06. The number of pyridine rings is 1. The lowest BCUT2D eigenvalue weighted by molar-refractivity contribution is 0.102. The van der Waals surface area contributed by atoms with E-state index in [2.05, 4.69) is 10.3 Å². The molecule has 1 amide bonds. The Morgan fingerprint density at radius 3 is 2.31 bits per heavy atom. The summed E-state index contributed by atoms with van der Waals surface area (Å²) < 4.78 is 27.0. The minimum absolute atomic E-state index is 0.121. The fraction of sp³-hybridized carbons (Fsp3) is 0.0833. The van der Waals surface area contributed by atoms with Crippen molar-refractivity contribution in [1.29, 1.82) is 0 Å². The number of hydrogen-bond donors (Lipinski definition) is 2. The Morgan fingerprint density at radius 1 is 0.938 bits per heavy atom. The first-order chi connectivity index (χ1) is 15.3. The molecule has 1 heterocycles. The van der Waals surface area contributed by atoms with Crippen LogP contribution in [-0.4, -0.2) is 30.7 Å². The fourth-order valence-electron chi connectivity index (χ4n) is 3.41. The van der Waals surface area contributed by atoms with Gasteiger partial charge in [0.15, 0.2) is 0 Å². The highest BCUT2D eigenvalue weighted by Crippen LogP contribution is 2.21. The average Bonchev–Trinajstić information content (AvgIpc) is 2.79. The van der Waals surface area contributed by atoms with Gasteiger partial charge in [-0.3, -0.25) is 9.59 Å². The summed E-state index contributed by atoms with van der Waals surface area (Å²) in [6.45, 7) is 0.247. The number of nitrogens with zero attached hydrogens (tertiary/aromatic N) is 1. The van der Waals surface area contributed by atoms with Crippen molar-refractivity contribution in [2.24, 2.45) is 0 Å². The van der Waals surface area contributed by atoms with Crippen LogP contribution in [0.1, 0.15) is 15.9 Å². The molecule has 162 valence electrons. The number of carbonyl (C=O) groups excluding carboxylic acids is 1. The van der Waals surface area contributed by atoms with Gasteiger partial charge in [0.05, 0.1) is 10.5 Å². The zero-order valence-corrected chi connectivity index (χ0v) is 18.1. The van der Waals surface area contributed by atoms with Crippen molar-refractivity contribution in [3.63, 3.8) is 0 Å². The highest BCUT2D eigenvalue weighted by atomic mass is 32.2. The highest BCUT2D eigenvalue weighted by molar-refractivity contribution is 7.89. The molecule has 3 aromatic carbocycles. The molecule has 4 rings (SSSR count). The van der Waals surface area contributed by atoms with Gasteiger partial charge in [-0.1, -0.05) is 48.5 Å². The largest absolute Gasteiger partial charge is 0.322 e. The maximum atomic E-state index is 12.9. The number of sulfonamides is 1. The van der Waals surface area contributed by atoms with E-state index < -0.39 is 15.9 Å². The van der Waals surface area contributed by atoms with Crippen LogP contribution in [0, 0.1) is 0 Å². The van der Waals surface area contributed by atoms with Gasteiger partial charge >= 0.3 is 0 Å². The van der Waals surface area contributed by atoms with E-state index in [1.807, 2.05) is 30.3 Å². The second-order valence-electron chi connectivity index (χ2n) is 7.32. The zero-order valence-electron chi connectivity index (χ0n) is 17.3. The number of H-pyrrole nitrogens is 1. The topological polar surface area (TPSA) is 99.3 Å². The van der Waals surface area contributed by atoms with Gasteiger partial charge in [0.25, 0.3) is 5.91 Å². The fourth-order valence-corrected chi connectivity index (χ4v) is 4.57. The van der Waals surface area contributed by atoms with Gasteiger partial charge in [0.1, 0.15) is 0 Å². The first-order valence-electron chi connectivity index (χ1n) is 9.88. The second-order valence-corrected chi connectivity index (χ2v) is 9.36. The molecule has 0 fully saturated rings. The number of anilines is 1. The van der Waals surface area contributed by atoms with Crippen molar-refractivity contribution < 1.29 is 13.2 Å². The van der Waals surface area contributed by atoms with Crippen LogP contribution < -0.4 is 10.9 Å². The van der Waals surface area contributed by atoms with Crippen LogP contribution in [0.25, 0.3) is 10.9 Å². The number of fused-ring (bicyclic) bond motifs is 1. The summed E-state index contributed by atoms with van der Waals surface area (Å²) in [5.74, 6) is -0.455. The van der Waals surface area contributed by atoms with Crippen LogP contribution in [0.4, 0.5) is 5.69 Å². The standard InChI is InChI=1S/C24H21N3O4S/c1-27(16-17-7-3-2-4-8-17)32(30,31)19-13-11-18(12-14-19)25-24(29)21-15-23(28)26-22-10-6-5-9-20(21)22/h2-15H,16H2,1H3,(H,25,29)(H,26,28). The number of nitrogens with one attached hydrogen (secondary N) is 2. The maximum absolute atomic E-state index is 12.9. The van der Waals surface area contributed by atoms with E-state index in [4.69, 9.17) is 0 Å². The molecule has 2 N–H and O–H groups in total. The Morgan fingerprint density at radius 2 is 1.59 bits per heavy atom. The number of aromatic nitrogens is 1. The van der Waals surface area contributed by atoms with E-state index in [0.717, 1.165) is 5.56 Å². The molecule has 32 heavy (non-hydrogen) atoms. The lowest BCUT2D eigenvalue weighted by atomic mass is 10.1. The SMILES string of the molecule is CN(Cc1ccccc1)S(=O)(=O)c1ccc(NC(=O)c2cc(=O)[nH]c3ccccc23)cc1. The van der Waals surface area contributed by atoms with Gasteiger partial charge in [0.2, 0.25) is 15.6 Å². The Hall–Kier alpha value is -3.75. The normalized spacial score (nSPS) is 11.6. The van der Waals surface area contributed by atoms with Gasteiger partial charge in [-0.15, -0.1) is 0 Å². The van der Waals surface area contributed by atoms with Crippen molar-refractivity contribution in [3.8, 4) is 0 Å². The summed E-state index contributed by atoms with van der Waals surface area (Å²) in [5, 5.41) is 3.34. The number of carbonyl (C=O) groups is 1. The minimum atomic E-state index is -3.69. The smallest absolute Gasteiger partial charge is 0.256 e. The molecular weight excluding hydrogens is 426 g/mol. The first kappa shape index (κ1) is 21.5. The summed E-state index contributed by atoms with van der Waals surface area (Å²) in [6.07, 6.45) is 0. The molecule has 0 aliphatic heterocycles. The van der Waals surface area contributed by atoms with Crippen LogP contribution in [0.3, 0.4) is 0 Å². The Kier molecular flexibility index (Phi) is 5.89. The minimum Gasteiger partial charge on any atom is -0.322 e. The maximum Gasteiger partial charge on any atom is 0.256 e. The predicted molar refractivity (Wildman–Crippen MR) is 124 cm³/mol. The molecule has 0 bridgehead atoms. The van der Waals surface area contributed by atoms with E-state index in [9.17, 15) is 18.0 Å². The van der Waals surface area contributed by atoms with E-state index in [0.29, 0.717) is 16.6 Å². The Balaban J connectivity index is 1.53. The van der Waals surface area contributed by atoms with Crippen molar-refractivity contribution in [1.82, 2.24) is 9.29 Å². The van der Waals surface area contributed by atoms with Gasteiger partial charge in [-0.25, -0.2) is 8.42 Å². The van der Waals surface area contributed by atoms with Crippen molar-refractivity contribution in [2.75, 3.05) is 12.4 Å². The molecule has 0 aliphatic rings. The zero-order chi connectivity index (χ0) is 22.7. The molecule has 0 aliphatic carbocycles. The van der Waals surface area contributed by atoms with Crippen LogP contribution in [-0.2, 0) is 16.6 Å². The Bertz CT molecular complexity index is 1430. The molecule has 0 radical (unpaired) electrons. The Labute approximate surface area is 185 Å². The molecule has 0 saturated carbocycles. The molecule has 1 aromatic heterocycles. The second kappa shape index (κ2) is 8.78. The van der Waals surface area contributed by atoms with Crippen LogP contribution in [0.2, 0.25) is 0 Å². The van der Waals surface area contributed by atoms with Gasteiger partial charge in [0, 0.05) is 36.2 Å². The van der Waals surface area contributed by atoms with Crippen LogP contribution in [0.5, 0.6) is 0 Å². The number of amides is 1. The van der Waals surface area contributed by atoms with Crippen molar-refractivity contribution in [2.45, 2.75) is 11.4 Å². The highest BCUT2D eigenvalue weighted by Gasteiger charge is 2.21. The van der Waals surface area contributed by atoms with Crippen LogP contribution in [0.15, 0.2) is 94.6 Å². The average molecular weight is 448 g/mol. The first-order valence-corrected chi connectivity index (χ1v) is 11.3. The van der Waals surface area contributed by atoms with E-state index >= 15 is 0 Å². The summed E-state index contributed by atoms with van der Waals surface area (Å²) in [5.41, 5.74) is 1.73. The third kappa shape index (κ3) is 4.46. The van der Waals surface area contributed by atoms with Crippen molar-refractivity contribution in [3.05, 3.63) is 106 Å². The van der Waals surface area contributed by atoms with Crippen molar-refractivity contribution >= 4 is 32.5 Å². The molecule has 0 unspecified atom stereocenters. The lowest BCUT2D eigenvalue weighted by Crippen LogP contribution is -2.26. The van der Waals surface area contributed by atoms with Crippen LogP contribution >= 0.6 is 0 Å². The molecule has 8 heteroatoms. The van der Waals surface area contributed by atoms with Gasteiger partial charge < -0.3 is 10.3 Å². The quantitative estimate of drug-likeness (QED) is 0.472. The predicted octanol–water partition coefficient (Wildman–Crippen LogP) is 3.60. The molecule has 0 saturated heterocycles. The van der Waals surface area contributed by atoms with Gasteiger partial charge in [-0.05, 0) is 35.9 Å². The summed E-state index contributed by atoms with van der Waals surface area (Å²) in [4.78, 5) is 27.5. The molecule has 0 atom stereocenters. The number of rotatable bonds is 6. The van der Waals surface area contributed by atoms with E-state index in [1.54, 1.807) is 24.3 Å². The summed E-state index contributed by atoms with van der Waals surface area (Å²) in [7, 11) is -2.17. The molecule has 7 nitrogen and oxygen atoms in total.